The molecule has 0 aliphatic carbocycles. The van der Waals surface area contributed by atoms with E-state index in [0.717, 1.165) is 12.5 Å². The normalized spacial score (nSPS) is 14.0. The van der Waals surface area contributed by atoms with Gasteiger partial charge in [-0.25, -0.2) is 0 Å². The first-order valence-corrected chi connectivity index (χ1v) is 7.01. The van der Waals surface area contributed by atoms with Crippen LogP contribution in [-0.4, -0.2) is 17.1 Å². The van der Waals surface area contributed by atoms with Gasteiger partial charge in [0.1, 0.15) is 0 Å². The van der Waals surface area contributed by atoms with Crippen molar-refractivity contribution in [2.24, 2.45) is 5.92 Å². The van der Waals surface area contributed by atoms with Crippen LogP contribution in [0.2, 0.25) is 0 Å². The summed E-state index contributed by atoms with van der Waals surface area (Å²) in [5.41, 5.74) is 2.15. The SMILES string of the molecule is CCCC(CNC(C)(C)C)Cc1cncs1. The third kappa shape index (κ3) is 5.61. The van der Waals surface area contributed by atoms with Crippen LogP contribution in [0.25, 0.3) is 0 Å². The van der Waals surface area contributed by atoms with E-state index in [2.05, 4.69) is 38.0 Å². The quantitative estimate of drug-likeness (QED) is 0.823. The van der Waals surface area contributed by atoms with Gasteiger partial charge in [0.2, 0.25) is 0 Å². The Morgan fingerprint density at radius 3 is 2.69 bits per heavy atom. The van der Waals surface area contributed by atoms with E-state index in [9.17, 15) is 0 Å². The smallest absolute Gasteiger partial charge is 0.0794 e. The second-order valence-electron chi connectivity index (χ2n) is 5.46. The van der Waals surface area contributed by atoms with Gasteiger partial charge in [0.05, 0.1) is 5.51 Å². The number of hydrogen-bond donors (Lipinski definition) is 1. The lowest BCUT2D eigenvalue weighted by Crippen LogP contribution is -2.39. The van der Waals surface area contributed by atoms with Crippen molar-refractivity contribution in [3.8, 4) is 0 Å². The van der Waals surface area contributed by atoms with Gasteiger partial charge in [-0.3, -0.25) is 4.98 Å². The molecule has 0 aliphatic rings. The van der Waals surface area contributed by atoms with E-state index in [-0.39, 0.29) is 5.54 Å². The highest BCUT2D eigenvalue weighted by molar-refractivity contribution is 7.09. The summed E-state index contributed by atoms with van der Waals surface area (Å²) in [6.07, 6.45) is 5.72. The van der Waals surface area contributed by atoms with E-state index in [1.807, 2.05) is 11.7 Å². The Morgan fingerprint density at radius 2 is 2.19 bits per heavy atom. The zero-order chi connectivity index (χ0) is 12.0. The van der Waals surface area contributed by atoms with Crippen LogP contribution in [0.3, 0.4) is 0 Å². The first-order valence-electron chi connectivity index (χ1n) is 6.13. The molecule has 0 fully saturated rings. The third-order valence-electron chi connectivity index (χ3n) is 2.59. The number of aromatic nitrogens is 1. The highest BCUT2D eigenvalue weighted by Crippen LogP contribution is 2.17. The van der Waals surface area contributed by atoms with E-state index < -0.39 is 0 Å². The van der Waals surface area contributed by atoms with E-state index >= 15 is 0 Å². The fourth-order valence-electron chi connectivity index (χ4n) is 1.76. The van der Waals surface area contributed by atoms with E-state index in [1.165, 1.54) is 24.1 Å². The van der Waals surface area contributed by atoms with Gasteiger partial charge in [0.15, 0.2) is 0 Å². The molecule has 1 atom stereocenters. The molecule has 16 heavy (non-hydrogen) atoms. The number of rotatable bonds is 6. The van der Waals surface area contributed by atoms with Gasteiger partial charge in [0, 0.05) is 16.6 Å². The fourth-order valence-corrected chi connectivity index (χ4v) is 2.47. The largest absolute Gasteiger partial charge is 0.312 e. The zero-order valence-corrected chi connectivity index (χ0v) is 11.7. The van der Waals surface area contributed by atoms with E-state index in [1.54, 1.807) is 11.3 Å². The van der Waals surface area contributed by atoms with E-state index in [4.69, 9.17) is 0 Å². The molecule has 92 valence electrons. The molecule has 0 saturated carbocycles. The lowest BCUT2D eigenvalue weighted by molar-refractivity contribution is 0.356. The number of hydrogen-bond acceptors (Lipinski definition) is 3. The summed E-state index contributed by atoms with van der Waals surface area (Å²) >= 11 is 1.77. The molecular formula is C13H24N2S. The fraction of sp³-hybridized carbons (Fsp3) is 0.769. The van der Waals surface area contributed by atoms with Crippen molar-refractivity contribution in [1.82, 2.24) is 10.3 Å². The monoisotopic (exact) mass is 240 g/mol. The Labute approximate surface area is 103 Å². The maximum Gasteiger partial charge on any atom is 0.0794 e. The highest BCUT2D eigenvalue weighted by atomic mass is 32.1. The summed E-state index contributed by atoms with van der Waals surface area (Å²) in [5.74, 6) is 0.740. The van der Waals surface area contributed by atoms with Crippen molar-refractivity contribution in [2.45, 2.75) is 52.5 Å². The molecule has 1 rings (SSSR count). The molecule has 1 aromatic rings. The molecule has 0 aliphatic heterocycles. The Bertz CT molecular complexity index is 275. The molecule has 1 unspecified atom stereocenters. The van der Waals surface area contributed by atoms with E-state index in [0.29, 0.717) is 0 Å². The molecule has 0 radical (unpaired) electrons. The molecular weight excluding hydrogens is 216 g/mol. The van der Waals surface area contributed by atoms with Crippen LogP contribution >= 0.6 is 11.3 Å². The molecule has 3 heteroatoms. The molecule has 0 bridgehead atoms. The second-order valence-corrected chi connectivity index (χ2v) is 6.43. The lowest BCUT2D eigenvalue weighted by Gasteiger charge is -2.25. The van der Waals surface area contributed by atoms with Crippen molar-refractivity contribution in [3.63, 3.8) is 0 Å². The number of nitrogens with zero attached hydrogens (tertiary/aromatic N) is 1. The number of nitrogens with one attached hydrogen (secondary N) is 1. The minimum absolute atomic E-state index is 0.222. The van der Waals surface area contributed by atoms with Gasteiger partial charge < -0.3 is 5.32 Å². The topological polar surface area (TPSA) is 24.9 Å². The van der Waals surface area contributed by atoms with Gasteiger partial charge in [-0.15, -0.1) is 11.3 Å². The van der Waals surface area contributed by atoms with Gasteiger partial charge in [-0.1, -0.05) is 13.3 Å². The molecule has 0 spiro atoms. The van der Waals surface area contributed by atoms with Crippen molar-refractivity contribution in [1.29, 1.82) is 0 Å². The molecule has 1 N–H and O–H groups in total. The summed E-state index contributed by atoms with van der Waals surface area (Å²) in [6.45, 7) is 10.0. The van der Waals surface area contributed by atoms with Crippen molar-refractivity contribution in [3.05, 3.63) is 16.6 Å². The summed E-state index contributed by atoms with van der Waals surface area (Å²) in [7, 11) is 0. The summed E-state index contributed by atoms with van der Waals surface area (Å²) in [4.78, 5) is 5.55. The molecule has 2 nitrogen and oxygen atoms in total. The van der Waals surface area contributed by atoms with Gasteiger partial charge >= 0.3 is 0 Å². The maximum atomic E-state index is 4.14. The standard InChI is InChI=1S/C13H24N2S/c1-5-6-11(8-15-13(2,3)4)7-12-9-14-10-16-12/h9-11,15H,5-8H2,1-4H3. The maximum absolute atomic E-state index is 4.14. The van der Waals surface area contributed by atoms with Crippen molar-refractivity contribution >= 4 is 11.3 Å². The summed E-state index contributed by atoms with van der Waals surface area (Å²) in [5, 5.41) is 3.60. The van der Waals surface area contributed by atoms with Crippen LogP contribution in [0.5, 0.6) is 0 Å². The molecule has 0 aromatic carbocycles. The highest BCUT2D eigenvalue weighted by Gasteiger charge is 2.14. The molecule has 1 aromatic heterocycles. The first-order chi connectivity index (χ1) is 7.51. The van der Waals surface area contributed by atoms with Gasteiger partial charge in [-0.2, -0.15) is 0 Å². The average molecular weight is 240 g/mol. The molecule has 0 amide bonds. The molecule has 0 saturated heterocycles. The molecule has 1 heterocycles. The minimum Gasteiger partial charge on any atom is -0.312 e. The lowest BCUT2D eigenvalue weighted by atomic mass is 9.97. The van der Waals surface area contributed by atoms with Gasteiger partial charge in [-0.05, 0) is 46.1 Å². The minimum atomic E-state index is 0.222. The Hall–Kier alpha value is -0.410. The van der Waals surface area contributed by atoms with Crippen LogP contribution in [0, 0.1) is 5.92 Å². The Morgan fingerprint density at radius 1 is 1.44 bits per heavy atom. The Balaban J connectivity index is 2.41. The third-order valence-corrected chi connectivity index (χ3v) is 3.39. The Kier molecular flexibility index (Phi) is 5.42. The predicted octanol–water partition coefficient (Wildman–Crippen LogP) is 3.49. The van der Waals surface area contributed by atoms with Crippen LogP contribution in [0.4, 0.5) is 0 Å². The van der Waals surface area contributed by atoms with Crippen LogP contribution in [0.15, 0.2) is 11.7 Å². The van der Waals surface area contributed by atoms with Crippen molar-refractivity contribution < 1.29 is 0 Å². The summed E-state index contributed by atoms with van der Waals surface area (Å²) in [6, 6.07) is 0. The average Bonchev–Trinajstić information content (AvgIpc) is 2.66. The van der Waals surface area contributed by atoms with Gasteiger partial charge in [0.25, 0.3) is 0 Å². The predicted molar refractivity (Wildman–Crippen MR) is 72.0 cm³/mol. The first kappa shape index (κ1) is 13.7. The van der Waals surface area contributed by atoms with Crippen LogP contribution < -0.4 is 5.32 Å². The zero-order valence-electron chi connectivity index (χ0n) is 10.9. The number of thiazole rings is 1. The van der Waals surface area contributed by atoms with Crippen LogP contribution in [-0.2, 0) is 6.42 Å². The summed E-state index contributed by atoms with van der Waals surface area (Å²) < 4.78 is 0. The van der Waals surface area contributed by atoms with Crippen molar-refractivity contribution in [2.75, 3.05) is 6.54 Å². The second kappa shape index (κ2) is 6.36. The van der Waals surface area contributed by atoms with Crippen LogP contribution in [0.1, 0.15) is 45.4 Å².